The molecular weight excluding hydrogens is 326 g/mol. The minimum absolute atomic E-state index is 0.0551. The van der Waals surface area contributed by atoms with Gasteiger partial charge in [0.1, 0.15) is 11.3 Å². The van der Waals surface area contributed by atoms with Gasteiger partial charge in [0.05, 0.1) is 12.9 Å². The number of carbonyl (C=O) groups is 1. The molecule has 134 valence electrons. The first kappa shape index (κ1) is 17.8. The number of nitrogens with zero attached hydrogens (tertiary/aromatic N) is 1. The molecule has 2 aromatic carbocycles. The molecule has 0 radical (unpaired) electrons. The first-order valence-corrected chi connectivity index (χ1v) is 8.64. The fraction of sp³-hybridized carbons (Fsp3) is 0.227. The van der Waals surface area contributed by atoms with Crippen LogP contribution in [-0.4, -0.2) is 31.5 Å². The first-order valence-electron chi connectivity index (χ1n) is 8.64. The van der Waals surface area contributed by atoms with E-state index in [1.165, 1.54) is 0 Å². The van der Waals surface area contributed by atoms with Crippen LogP contribution >= 0.6 is 0 Å². The van der Waals surface area contributed by atoms with Crippen molar-refractivity contribution in [1.29, 1.82) is 0 Å². The zero-order valence-electron chi connectivity index (χ0n) is 15.6. The Kier molecular flexibility index (Phi) is 5.12. The van der Waals surface area contributed by atoms with Gasteiger partial charge in [-0.15, -0.1) is 0 Å². The van der Waals surface area contributed by atoms with Crippen LogP contribution in [0.2, 0.25) is 0 Å². The van der Waals surface area contributed by atoms with Crippen molar-refractivity contribution >= 4 is 22.4 Å². The molecule has 0 aliphatic rings. The Bertz CT molecular complexity index is 952. The van der Waals surface area contributed by atoms with Gasteiger partial charge in [0.2, 0.25) is 5.91 Å². The number of allylic oxidation sites excluding steroid dienone is 1. The van der Waals surface area contributed by atoms with Gasteiger partial charge in [-0.1, -0.05) is 30.3 Å². The summed E-state index contributed by atoms with van der Waals surface area (Å²) < 4.78 is 11.6. The number of furan rings is 1. The van der Waals surface area contributed by atoms with Gasteiger partial charge in [-0.05, 0) is 31.1 Å². The van der Waals surface area contributed by atoms with Gasteiger partial charge >= 0.3 is 0 Å². The molecule has 0 aliphatic heterocycles. The van der Waals surface area contributed by atoms with Crippen LogP contribution in [0.1, 0.15) is 19.4 Å². The molecule has 1 heterocycles. The van der Waals surface area contributed by atoms with E-state index >= 15 is 0 Å². The summed E-state index contributed by atoms with van der Waals surface area (Å²) in [6.45, 7) is 4.41. The number of fused-ring (bicyclic) bond motifs is 1. The number of ether oxygens (including phenoxy) is 1. The van der Waals surface area contributed by atoms with E-state index < -0.39 is 0 Å². The lowest BCUT2D eigenvalue weighted by Gasteiger charge is -2.13. The first-order chi connectivity index (χ1) is 12.5. The number of amides is 1. The normalized spacial score (nSPS) is 11.6. The molecule has 0 aliphatic carbocycles. The zero-order valence-corrected chi connectivity index (χ0v) is 15.6. The number of likely N-dealkylation sites (N-methyl/N-ethyl adjacent to an activating group) is 1. The number of benzene rings is 2. The summed E-state index contributed by atoms with van der Waals surface area (Å²) in [6.07, 6.45) is 3.40. The van der Waals surface area contributed by atoms with Crippen LogP contribution in [0.15, 0.2) is 59.2 Å². The Morgan fingerprint density at radius 3 is 2.58 bits per heavy atom. The number of hydrogen-bond acceptors (Lipinski definition) is 3. The Morgan fingerprint density at radius 1 is 1.19 bits per heavy atom. The molecule has 0 saturated carbocycles. The molecular formula is C22H23NO3. The van der Waals surface area contributed by atoms with E-state index in [9.17, 15) is 4.79 Å². The lowest BCUT2D eigenvalue weighted by atomic mass is 9.99. The SMILES string of the molecule is CCOc1cc2occ(-c3ccccc3)c2cc1/C(C)=C/C(=O)N(C)C. The maximum atomic E-state index is 12.1. The molecule has 0 fully saturated rings. The molecule has 3 aromatic rings. The molecule has 0 bridgehead atoms. The van der Waals surface area contributed by atoms with Gasteiger partial charge in [-0.25, -0.2) is 0 Å². The van der Waals surface area contributed by atoms with Crippen LogP contribution in [0.25, 0.3) is 27.7 Å². The minimum atomic E-state index is -0.0551. The fourth-order valence-electron chi connectivity index (χ4n) is 2.87. The second-order valence-corrected chi connectivity index (χ2v) is 6.35. The average Bonchev–Trinajstić information content (AvgIpc) is 3.04. The van der Waals surface area contributed by atoms with Crippen molar-refractivity contribution in [2.45, 2.75) is 13.8 Å². The quantitative estimate of drug-likeness (QED) is 0.610. The van der Waals surface area contributed by atoms with Crippen LogP contribution in [0, 0.1) is 0 Å². The molecule has 4 nitrogen and oxygen atoms in total. The lowest BCUT2D eigenvalue weighted by molar-refractivity contribution is -0.123. The monoisotopic (exact) mass is 349 g/mol. The third-order valence-corrected chi connectivity index (χ3v) is 4.27. The van der Waals surface area contributed by atoms with E-state index in [-0.39, 0.29) is 5.91 Å². The topological polar surface area (TPSA) is 42.7 Å². The molecule has 0 unspecified atom stereocenters. The highest BCUT2D eigenvalue weighted by Gasteiger charge is 2.15. The van der Waals surface area contributed by atoms with Crippen LogP contribution in [0.3, 0.4) is 0 Å². The van der Waals surface area contributed by atoms with Crippen molar-refractivity contribution < 1.29 is 13.9 Å². The van der Waals surface area contributed by atoms with E-state index in [1.54, 1.807) is 31.3 Å². The van der Waals surface area contributed by atoms with E-state index in [1.807, 2.05) is 44.2 Å². The van der Waals surface area contributed by atoms with Crippen molar-refractivity contribution in [3.05, 3.63) is 60.4 Å². The molecule has 0 saturated heterocycles. The molecule has 4 heteroatoms. The smallest absolute Gasteiger partial charge is 0.246 e. The highest BCUT2D eigenvalue weighted by Crippen LogP contribution is 2.37. The van der Waals surface area contributed by atoms with Crippen LogP contribution < -0.4 is 4.74 Å². The van der Waals surface area contributed by atoms with Crippen molar-refractivity contribution in [3.63, 3.8) is 0 Å². The molecule has 0 atom stereocenters. The van der Waals surface area contributed by atoms with Crippen LogP contribution in [-0.2, 0) is 4.79 Å². The van der Waals surface area contributed by atoms with Gasteiger partial charge in [-0.3, -0.25) is 4.79 Å². The third kappa shape index (κ3) is 3.49. The van der Waals surface area contributed by atoms with Crippen LogP contribution in [0.5, 0.6) is 5.75 Å². The number of hydrogen-bond donors (Lipinski definition) is 0. The third-order valence-electron chi connectivity index (χ3n) is 4.27. The maximum absolute atomic E-state index is 12.1. The van der Waals surface area contributed by atoms with Gasteiger partial charge in [-0.2, -0.15) is 0 Å². The Labute approximate surface area is 153 Å². The van der Waals surface area contributed by atoms with Gasteiger partial charge in [0, 0.05) is 42.8 Å². The van der Waals surface area contributed by atoms with Crippen molar-refractivity contribution in [1.82, 2.24) is 4.90 Å². The summed E-state index contributed by atoms with van der Waals surface area (Å²) in [7, 11) is 3.48. The van der Waals surface area contributed by atoms with Gasteiger partial charge in [0.15, 0.2) is 0 Å². The summed E-state index contributed by atoms with van der Waals surface area (Å²) in [6, 6.07) is 14.1. The number of carbonyl (C=O) groups excluding carboxylic acids is 1. The van der Waals surface area contributed by atoms with E-state index in [4.69, 9.17) is 9.15 Å². The summed E-state index contributed by atoms with van der Waals surface area (Å²) in [5.41, 5.74) is 4.63. The van der Waals surface area contributed by atoms with Gasteiger partial charge in [0.25, 0.3) is 0 Å². The minimum Gasteiger partial charge on any atom is -0.493 e. The van der Waals surface area contributed by atoms with E-state index in [0.717, 1.165) is 33.2 Å². The summed E-state index contributed by atoms with van der Waals surface area (Å²) in [5, 5.41) is 1.000. The molecule has 1 amide bonds. The molecule has 26 heavy (non-hydrogen) atoms. The van der Waals surface area contributed by atoms with Gasteiger partial charge < -0.3 is 14.1 Å². The standard InChI is InChI=1S/C22H23NO3/c1-5-25-20-13-21-18(12-17(20)15(2)11-22(24)23(3)4)19(14-26-21)16-9-7-6-8-10-16/h6-14H,5H2,1-4H3/b15-11+. The zero-order chi connectivity index (χ0) is 18.7. The van der Waals surface area contributed by atoms with Crippen molar-refractivity contribution in [2.75, 3.05) is 20.7 Å². The summed E-state index contributed by atoms with van der Waals surface area (Å²) in [4.78, 5) is 13.6. The van der Waals surface area contributed by atoms with Crippen LogP contribution in [0.4, 0.5) is 0 Å². The van der Waals surface area contributed by atoms with Crippen molar-refractivity contribution in [3.8, 4) is 16.9 Å². The highest BCUT2D eigenvalue weighted by atomic mass is 16.5. The maximum Gasteiger partial charge on any atom is 0.246 e. The summed E-state index contributed by atoms with van der Waals surface area (Å²) in [5.74, 6) is 0.662. The Morgan fingerprint density at radius 2 is 1.92 bits per heavy atom. The second-order valence-electron chi connectivity index (χ2n) is 6.35. The molecule has 3 rings (SSSR count). The molecule has 0 spiro atoms. The Balaban J connectivity index is 2.17. The van der Waals surface area contributed by atoms with E-state index in [0.29, 0.717) is 12.4 Å². The highest BCUT2D eigenvalue weighted by molar-refractivity contribution is 6.00. The summed E-state index contributed by atoms with van der Waals surface area (Å²) >= 11 is 0. The molecule has 1 aromatic heterocycles. The predicted octanol–water partition coefficient (Wildman–Crippen LogP) is 4.99. The average molecular weight is 349 g/mol. The molecule has 0 N–H and O–H groups in total. The van der Waals surface area contributed by atoms with Crippen molar-refractivity contribution in [2.24, 2.45) is 0 Å². The van der Waals surface area contributed by atoms with E-state index in [2.05, 4.69) is 12.1 Å². The number of rotatable bonds is 5. The fourth-order valence-corrected chi connectivity index (χ4v) is 2.87. The predicted molar refractivity (Wildman–Crippen MR) is 105 cm³/mol. The largest absolute Gasteiger partial charge is 0.493 e. The second kappa shape index (κ2) is 7.48. The lowest BCUT2D eigenvalue weighted by Crippen LogP contribution is -2.19. The Hall–Kier alpha value is -3.01.